The van der Waals surface area contributed by atoms with Crippen LogP contribution >= 0.6 is 0 Å². The van der Waals surface area contributed by atoms with Crippen molar-refractivity contribution in [3.05, 3.63) is 106 Å². The number of aryl methyl sites for hydroxylation is 1. The van der Waals surface area contributed by atoms with E-state index in [9.17, 15) is 44.3 Å². The Labute approximate surface area is 205 Å². The molecule has 0 radical (unpaired) electrons. The summed E-state index contributed by atoms with van der Waals surface area (Å²) >= 11 is 0. The molecular weight excluding hydrogens is 517 g/mol. The molecule has 0 fully saturated rings. The maximum Gasteiger partial charge on any atom is 0.416 e. The van der Waals surface area contributed by atoms with Crippen LogP contribution in [0.4, 0.5) is 39.5 Å². The Balaban J connectivity index is 0.000000278. The number of oxime groups is 1. The fourth-order valence-electron chi connectivity index (χ4n) is 2.50. The lowest BCUT2D eigenvalue weighted by molar-refractivity contribution is -0.138. The summed E-state index contributed by atoms with van der Waals surface area (Å²) in [5, 5.41) is 10.8. The average molecular weight is 537 g/mol. The lowest BCUT2D eigenvalue weighted by atomic mass is 10.1. The van der Waals surface area contributed by atoms with Crippen molar-refractivity contribution in [2.75, 3.05) is 0 Å². The molecule has 0 saturated heterocycles. The van der Waals surface area contributed by atoms with E-state index >= 15 is 0 Å². The molecule has 1 N–H and O–H groups in total. The number of hydrogen-bond donors (Lipinski definition) is 1. The largest absolute Gasteiger partial charge is 0.416 e. The SMILES string of the molecule is CCc1ccc(C(F)(F)F)cc1.O/N=C/c1ccc(C(F)(F)F)cc1.O=Cc1ccc(C(F)(F)F)cc1. The summed E-state index contributed by atoms with van der Waals surface area (Å²) in [7, 11) is 0. The minimum atomic E-state index is -4.33. The second-order valence-electron chi connectivity index (χ2n) is 7.15. The van der Waals surface area contributed by atoms with Crippen molar-refractivity contribution in [3.63, 3.8) is 0 Å². The minimum Gasteiger partial charge on any atom is -0.411 e. The van der Waals surface area contributed by atoms with Crippen LogP contribution in [0.2, 0.25) is 0 Å². The molecule has 12 heteroatoms. The first-order chi connectivity index (χ1) is 17.1. The molecule has 3 rings (SSSR count). The summed E-state index contributed by atoms with van der Waals surface area (Å²) in [4.78, 5) is 10.1. The van der Waals surface area contributed by atoms with Gasteiger partial charge >= 0.3 is 18.5 Å². The van der Waals surface area contributed by atoms with Gasteiger partial charge in [0.2, 0.25) is 0 Å². The van der Waals surface area contributed by atoms with Gasteiger partial charge in [0, 0.05) is 5.56 Å². The number of carbonyl (C=O) groups is 1. The van der Waals surface area contributed by atoms with Gasteiger partial charge in [-0.15, -0.1) is 0 Å². The Bertz CT molecular complexity index is 1120. The standard InChI is InChI=1S/C9H9F3.C8H6F3NO.C8H5F3O/c1-2-7-3-5-8(6-4-7)9(10,11)12;9-8(10,11)7-3-1-6(2-4-7)5-12-13;9-8(10,11)7-3-1-6(5-12)2-4-7/h3-6H,2H2,1H3;1-5,13H;1-5H/b;12-5+;. The zero-order valence-electron chi connectivity index (χ0n) is 19.0. The number of benzene rings is 3. The van der Waals surface area contributed by atoms with Crippen LogP contribution in [-0.2, 0) is 24.9 Å². The van der Waals surface area contributed by atoms with Crippen molar-refractivity contribution in [2.24, 2.45) is 5.16 Å². The van der Waals surface area contributed by atoms with E-state index in [4.69, 9.17) is 5.21 Å². The molecule has 200 valence electrons. The molecule has 3 aromatic rings. The molecule has 0 aliphatic carbocycles. The van der Waals surface area contributed by atoms with Crippen LogP contribution in [0, 0.1) is 0 Å². The highest BCUT2D eigenvalue weighted by atomic mass is 19.4. The highest BCUT2D eigenvalue weighted by molar-refractivity contribution is 5.79. The van der Waals surface area contributed by atoms with Gasteiger partial charge in [-0.1, -0.05) is 48.5 Å². The molecule has 0 bridgehead atoms. The summed E-state index contributed by atoms with van der Waals surface area (Å²) < 4.78 is 108. The fourth-order valence-corrected chi connectivity index (χ4v) is 2.50. The summed E-state index contributed by atoms with van der Waals surface area (Å²) in [6, 6.07) is 13.6. The number of halogens is 9. The first kappa shape index (κ1) is 31.2. The summed E-state index contributed by atoms with van der Waals surface area (Å²) in [6.07, 6.45) is -10.6. The Morgan fingerprint density at radius 2 is 0.946 bits per heavy atom. The highest BCUT2D eigenvalue weighted by Crippen LogP contribution is 2.30. The van der Waals surface area contributed by atoms with Crippen molar-refractivity contribution in [3.8, 4) is 0 Å². The molecule has 3 nitrogen and oxygen atoms in total. The number of aldehydes is 1. The van der Waals surface area contributed by atoms with Crippen LogP contribution in [-0.4, -0.2) is 17.7 Å². The van der Waals surface area contributed by atoms with E-state index in [1.165, 1.54) is 24.3 Å². The quantitative estimate of drug-likeness (QED) is 0.120. The van der Waals surface area contributed by atoms with Crippen molar-refractivity contribution >= 4 is 12.5 Å². The Morgan fingerprint density at radius 3 is 1.22 bits per heavy atom. The topological polar surface area (TPSA) is 49.7 Å². The lowest BCUT2D eigenvalue weighted by Crippen LogP contribution is -2.04. The maximum atomic E-state index is 12.0. The zero-order chi connectivity index (χ0) is 28.3. The summed E-state index contributed by atoms with van der Waals surface area (Å²) in [5.41, 5.74) is -0.475. The summed E-state index contributed by atoms with van der Waals surface area (Å²) in [6.45, 7) is 1.91. The molecule has 0 unspecified atom stereocenters. The third-order valence-corrected chi connectivity index (χ3v) is 4.51. The van der Waals surface area contributed by atoms with Gasteiger partial charge in [-0.05, 0) is 53.9 Å². The van der Waals surface area contributed by atoms with E-state index in [2.05, 4.69) is 5.16 Å². The molecule has 0 atom stereocenters. The van der Waals surface area contributed by atoms with Gasteiger partial charge in [0.25, 0.3) is 0 Å². The molecule has 0 aliphatic heterocycles. The van der Waals surface area contributed by atoms with Crippen molar-refractivity contribution < 1.29 is 49.5 Å². The lowest BCUT2D eigenvalue weighted by Gasteiger charge is -2.06. The number of nitrogens with zero attached hydrogens (tertiary/aromatic N) is 1. The van der Waals surface area contributed by atoms with Crippen LogP contribution in [0.25, 0.3) is 0 Å². The third kappa shape index (κ3) is 11.2. The van der Waals surface area contributed by atoms with Gasteiger partial charge in [-0.3, -0.25) is 4.79 Å². The van der Waals surface area contributed by atoms with E-state index < -0.39 is 35.2 Å². The number of alkyl halides is 9. The van der Waals surface area contributed by atoms with Crippen molar-refractivity contribution in [1.82, 2.24) is 0 Å². The van der Waals surface area contributed by atoms with E-state index in [1.807, 2.05) is 6.92 Å². The molecule has 0 spiro atoms. The number of carbonyl (C=O) groups excluding carboxylic acids is 1. The molecule has 3 aromatic carbocycles. The number of hydrogen-bond acceptors (Lipinski definition) is 3. The second-order valence-corrected chi connectivity index (χ2v) is 7.15. The summed E-state index contributed by atoms with van der Waals surface area (Å²) in [5.74, 6) is 0. The first-order valence-corrected chi connectivity index (χ1v) is 10.2. The molecule has 0 heterocycles. The van der Waals surface area contributed by atoms with Gasteiger partial charge in [0.05, 0.1) is 22.9 Å². The van der Waals surface area contributed by atoms with E-state index in [0.717, 1.165) is 66.7 Å². The van der Waals surface area contributed by atoms with Crippen LogP contribution in [0.5, 0.6) is 0 Å². The van der Waals surface area contributed by atoms with Crippen LogP contribution < -0.4 is 0 Å². The molecule has 0 aromatic heterocycles. The maximum absolute atomic E-state index is 12.0. The zero-order valence-corrected chi connectivity index (χ0v) is 19.0. The fraction of sp³-hybridized carbons (Fsp3) is 0.200. The first-order valence-electron chi connectivity index (χ1n) is 10.2. The van der Waals surface area contributed by atoms with Crippen LogP contribution in [0.3, 0.4) is 0 Å². The van der Waals surface area contributed by atoms with Crippen molar-refractivity contribution in [1.29, 1.82) is 0 Å². The third-order valence-electron chi connectivity index (χ3n) is 4.51. The van der Waals surface area contributed by atoms with E-state index in [-0.39, 0.29) is 5.56 Å². The normalized spacial score (nSPS) is 11.7. The molecule has 0 saturated carbocycles. The minimum absolute atomic E-state index is 0.239. The van der Waals surface area contributed by atoms with Gasteiger partial charge < -0.3 is 5.21 Å². The Kier molecular flexibility index (Phi) is 11.4. The Hall–Kier alpha value is -3.83. The van der Waals surface area contributed by atoms with Gasteiger partial charge in [0.1, 0.15) is 6.29 Å². The van der Waals surface area contributed by atoms with E-state index in [1.54, 1.807) is 0 Å². The molecule has 0 aliphatic rings. The predicted octanol–water partition coefficient (Wildman–Crippen LogP) is 8.30. The van der Waals surface area contributed by atoms with Crippen LogP contribution in [0.15, 0.2) is 78.0 Å². The molecule has 37 heavy (non-hydrogen) atoms. The highest BCUT2D eigenvalue weighted by Gasteiger charge is 2.31. The van der Waals surface area contributed by atoms with Gasteiger partial charge in [-0.2, -0.15) is 39.5 Å². The van der Waals surface area contributed by atoms with Gasteiger partial charge in [-0.25, -0.2) is 0 Å². The smallest absolute Gasteiger partial charge is 0.411 e. The van der Waals surface area contributed by atoms with E-state index in [0.29, 0.717) is 11.8 Å². The molecular formula is C25H20F9NO2. The van der Waals surface area contributed by atoms with Crippen molar-refractivity contribution in [2.45, 2.75) is 31.9 Å². The second kappa shape index (κ2) is 13.5. The predicted molar refractivity (Wildman–Crippen MR) is 118 cm³/mol. The monoisotopic (exact) mass is 537 g/mol. The van der Waals surface area contributed by atoms with Gasteiger partial charge in [0.15, 0.2) is 0 Å². The molecule has 0 amide bonds. The average Bonchev–Trinajstić information content (AvgIpc) is 2.84. The Morgan fingerprint density at radius 1 is 0.622 bits per heavy atom. The van der Waals surface area contributed by atoms with Crippen LogP contribution in [0.1, 0.15) is 45.1 Å². The number of rotatable bonds is 3.